The predicted octanol–water partition coefficient (Wildman–Crippen LogP) is 3.51. The van der Waals surface area contributed by atoms with Gasteiger partial charge < -0.3 is 14.9 Å². The van der Waals surface area contributed by atoms with Crippen molar-refractivity contribution >= 4 is 5.97 Å². The first-order chi connectivity index (χ1) is 11.3. The van der Waals surface area contributed by atoms with Crippen LogP contribution < -0.4 is 4.74 Å². The molecule has 4 nitrogen and oxygen atoms in total. The van der Waals surface area contributed by atoms with Crippen molar-refractivity contribution in [2.75, 3.05) is 0 Å². The molecule has 0 saturated carbocycles. The Morgan fingerprint density at radius 3 is 2.42 bits per heavy atom. The third-order valence-electron chi connectivity index (χ3n) is 4.03. The number of ether oxygens (including phenoxy) is 1. The molecule has 128 valence electrons. The maximum atomic E-state index is 11.1. The van der Waals surface area contributed by atoms with Crippen molar-refractivity contribution in [1.82, 2.24) is 0 Å². The van der Waals surface area contributed by atoms with Gasteiger partial charge in [0.25, 0.3) is 0 Å². The zero-order valence-corrected chi connectivity index (χ0v) is 14.4. The number of aliphatic hydroxyl groups is 1. The summed E-state index contributed by atoms with van der Waals surface area (Å²) in [6.07, 6.45) is 0.836. The monoisotopic (exact) mass is 328 g/mol. The summed E-state index contributed by atoms with van der Waals surface area (Å²) in [6, 6.07) is 13.8. The third-order valence-corrected chi connectivity index (χ3v) is 4.03. The van der Waals surface area contributed by atoms with Gasteiger partial charge in [-0.05, 0) is 42.5 Å². The number of carboxylic acid groups (broad SMARTS) is 1. The van der Waals surface area contributed by atoms with Gasteiger partial charge in [-0.3, -0.25) is 0 Å². The van der Waals surface area contributed by atoms with Gasteiger partial charge in [0.1, 0.15) is 12.4 Å². The second-order valence-corrected chi connectivity index (χ2v) is 6.28. The lowest BCUT2D eigenvalue weighted by Gasteiger charge is -2.20. The summed E-state index contributed by atoms with van der Waals surface area (Å²) in [5.74, 6) is -0.386. The molecule has 0 aliphatic rings. The minimum Gasteiger partial charge on any atom is -0.488 e. The molecule has 0 fully saturated rings. The quantitative estimate of drug-likeness (QED) is 0.816. The summed E-state index contributed by atoms with van der Waals surface area (Å²) in [4.78, 5) is 11.1. The highest BCUT2D eigenvalue weighted by Crippen LogP contribution is 2.28. The number of rotatable bonds is 7. The Hall–Kier alpha value is -2.33. The van der Waals surface area contributed by atoms with Crippen LogP contribution in [0.25, 0.3) is 0 Å². The van der Waals surface area contributed by atoms with Crippen LogP contribution in [-0.2, 0) is 24.2 Å². The Bertz CT molecular complexity index is 705. The van der Waals surface area contributed by atoms with Crippen molar-refractivity contribution in [3.63, 3.8) is 0 Å². The molecular weight excluding hydrogens is 304 g/mol. The fourth-order valence-corrected chi connectivity index (χ4v) is 2.70. The van der Waals surface area contributed by atoms with Gasteiger partial charge in [0, 0.05) is 6.42 Å². The first kappa shape index (κ1) is 18.0. The van der Waals surface area contributed by atoms with Crippen LogP contribution in [0.5, 0.6) is 5.75 Å². The molecule has 0 saturated heterocycles. The van der Waals surface area contributed by atoms with Crippen LogP contribution >= 0.6 is 0 Å². The number of hydrogen-bond donors (Lipinski definition) is 2. The molecule has 0 heterocycles. The van der Waals surface area contributed by atoms with Crippen molar-refractivity contribution in [3.8, 4) is 5.75 Å². The van der Waals surface area contributed by atoms with Gasteiger partial charge in [-0.2, -0.15) is 0 Å². The fraction of sp³-hybridized carbons (Fsp3) is 0.350. The highest BCUT2D eigenvalue weighted by atomic mass is 16.5. The summed E-state index contributed by atoms with van der Waals surface area (Å²) >= 11 is 0. The largest absolute Gasteiger partial charge is 0.488 e. The minimum absolute atomic E-state index is 0.0646. The van der Waals surface area contributed by atoms with Gasteiger partial charge >= 0.3 is 5.97 Å². The molecular formula is C20H24O4. The predicted molar refractivity (Wildman–Crippen MR) is 93.3 cm³/mol. The smallest absolute Gasteiger partial charge is 0.335 e. The van der Waals surface area contributed by atoms with E-state index in [1.54, 1.807) is 0 Å². The summed E-state index contributed by atoms with van der Waals surface area (Å²) < 4.78 is 6.00. The molecule has 2 N–H and O–H groups in total. The Kier molecular flexibility index (Phi) is 5.62. The van der Waals surface area contributed by atoms with E-state index in [0.717, 1.165) is 34.4 Å². The average Bonchev–Trinajstić information content (AvgIpc) is 2.53. The topological polar surface area (TPSA) is 66.8 Å². The van der Waals surface area contributed by atoms with E-state index in [1.807, 2.05) is 56.3 Å². The van der Waals surface area contributed by atoms with Gasteiger partial charge in [0.05, 0.1) is 0 Å². The molecule has 0 radical (unpaired) electrons. The van der Waals surface area contributed by atoms with E-state index in [4.69, 9.17) is 9.84 Å². The standard InChI is InChI=1S/C20H24O4/c1-4-17-11-16(12-20(3,23)19(21)22)10-14(2)18(17)24-13-15-8-6-5-7-9-15/h5-11,23H,4,12-13H2,1-3H3,(H,21,22). The Morgan fingerprint density at radius 2 is 1.83 bits per heavy atom. The third kappa shape index (κ3) is 4.36. The highest BCUT2D eigenvalue weighted by molar-refractivity contribution is 5.77. The molecule has 2 rings (SSSR count). The zero-order chi connectivity index (χ0) is 17.7. The fourth-order valence-electron chi connectivity index (χ4n) is 2.70. The maximum absolute atomic E-state index is 11.1. The number of carbonyl (C=O) groups is 1. The van der Waals surface area contributed by atoms with Crippen molar-refractivity contribution in [1.29, 1.82) is 0 Å². The normalized spacial score (nSPS) is 13.3. The molecule has 0 spiro atoms. The molecule has 2 aromatic carbocycles. The molecule has 2 aromatic rings. The lowest BCUT2D eigenvalue weighted by atomic mass is 9.93. The van der Waals surface area contributed by atoms with E-state index in [9.17, 15) is 9.90 Å². The van der Waals surface area contributed by atoms with Crippen LogP contribution in [0, 0.1) is 6.92 Å². The van der Waals surface area contributed by atoms with Gasteiger partial charge in [-0.15, -0.1) is 0 Å². The van der Waals surface area contributed by atoms with E-state index < -0.39 is 11.6 Å². The van der Waals surface area contributed by atoms with Crippen LogP contribution in [0.15, 0.2) is 42.5 Å². The summed E-state index contributed by atoms with van der Waals surface area (Å²) in [5.41, 5.74) is 2.08. The van der Waals surface area contributed by atoms with E-state index in [1.165, 1.54) is 6.92 Å². The molecule has 0 aliphatic heterocycles. The Labute approximate surface area is 142 Å². The SMILES string of the molecule is CCc1cc(CC(C)(O)C(=O)O)cc(C)c1OCc1ccccc1. The summed E-state index contributed by atoms with van der Waals surface area (Å²) in [6.45, 7) is 5.78. The van der Waals surface area contributed by atoms with Crippen molar-refractivity contribution < 1.29 is 19.7 Å². The lowest BCUT2D eigenvalue weighted by Crippen LogP contribution is -2.37. The van der Waals surface area contributed by atoms with E-state index in [-0.39, 0.29) is 6.42 Å². The van der Waals surface area contributed by atoms with Crippen molar-refractivity contribution in [2.45, 2.75) is 45.8 Å². The molecule has 0 aromatic heterocycles. The van der Waals surface area contributed by atoms with Crippen LogP contribution in [0.4, 0.5) is 0 Å². The van der Waals surface area contributed by atoms with Crippen LogP contribution in [0.1, 0.15) is 36.1 Å². The van der Waals surface area contributed by atoms with Crippen LogP contribution in [0.2, 0.25) is 0 Å². The van der Waals surface area contributed by atoms with E-state index >= 15 is 0 Å². The second kappa shape index (κ2) is 7.49. The van der Waals surface area contributed by atoms with E-state index in [2.05, 4.69) is 0 Å². The van der Waals surface area contributed by atoms with Crippen molar-refractivity contribution in [3.05, 3.63) is 64.7 Å². The van der Waals surface area contributed by atoms with Gasteiger partial charge in [-0.1, -0.05) is 49.4 Å². The molecule has 4 heteroatoms. The highest BCUT2D eigenvalue weighted by Gasteiger charge is 2.30. The summed E-state index contributed by atoms with van der Waals surface area (Å²) in [5, 5.41) is 19.1. The molecule has 1 atom stereocenters. The zero-order valence-electron chi connectivity index (χ0n) is 14.4. The average molecular weight is 328 g/mol. The Balaban J connectivity index is 2.22. The minimum atomic E-state index is -1.77. The Morgan fingerprint density at radius 1 is 1.17 bits per heavy atom. The molecule has 0 aliphatic carbocycles. The number of aliphatic carboxylic acids is 1. The second-order valence-electron chi connectivity index (χ2n) is 6.28. The van der Waals surface area contributed by atoms with Crippen molar-refractivity contribution in [2.24, 2.45) is 0 Å². The first-order valence-electron chi connectivity index (χ1n) is 8.08. The number of carboxylic acids is 1. The maximum Gasteiger partial charge on any atom is 0.335 e. The molecule has 0 amide bonds. The lowest BCUT2D eigenvalue weighted by molar-refractivity contribution is -0.156. The molecule has 24 heavy (non-hydrogen) atoms. The first-order valence-corrected chi connectivity index (χ1v) is 8.08. The number of aryl methyl sites for hydroxylation is 2. The van der Waals surface area contributed by atoms with Crippen LogP contribution in [0.3, 0.4) is 0 Å². The van der Waals surface area contributed by atoms with Crippen LogP contribution in [-0.4, -0.2) is 21.8 Å². The van der Waals surface area contributed by atoms with Gasteiger partial charge in [0.2, 0.25) is 0 Å². The molecule has 1 unspecified atom stereocenters. The van der Waals surface area contributed by atoms with Gasteiger partial charge in [0.15, 0.2) is 5.60 Å². The van der Waals surface area contributed by atoms with E-state index in [0.29, 0.717) is 6.61 Å². The summed E-state index contributed by atoms with van der Waals surface area (Å²) in [7, 11) is 0. The number of benzene rings is 2. The number of hydrogen-bond acceptors (Lipinski definition) is 3. The van der Waals surface area contributed by atoms with Gasteiger partial charge in [-0.25, -0.2) is 4.79 Å². The molecule has 0 bridgehead atoms.